The lowest BCUT2D eigenvalue weighted by atomic mass is 10.2. The molecule has 29 heavy (non-hydrogen) atoms. The summed E-state index contributed by atoms with van der Waals surface area (Å²) in [5, 5.41) is 6.88. The zero-order valence-corrected chi connectivity index (χ0v) is 18.9. The molecule has 0 amide bonds. The van der Waals surface area contributed by atoms with Gasteiger partial charge in [0.1, 0.15) is 5.82 Å². The molecule has 3 heterocycles. The Morgan fingerprint density at radius 3 is 2.62 bits per heavy atom. The lowest BCUT2D eigenvalue weighted by Crippen LogP contribution is -2.44. The molecule has 2 aromatic heterocycles. The quantitative estimate of drug-likeness (QED) is 0.539. The summed E-state index contributed by atoms with van der Waals surface area (Å²) in [6.45, 7) is 12.2. The number of rotatable bonds is 7. The topological polar surface area (TPSA) is 55.8 Å². The minimum Gasteiger partial charge on any atom is -0.357 e. The van der Waals surface area contributed by atoms with E-state index in [9.17, 15) is 0 Å². The average Bonchev–Trinajstić information content (AvgIpc) is 3.12. The second kappa shape index (κ2) is 10.6. The zero-order chi connectivity index (χ0) is 20.6. The van der Waals surface area contributed by atoms with Crippen LogP contribution in [0.3, 0.4) is 0 Å². The van der Waals surface area contributed by atoms with E-state index in [4.69, 9.17) is 4.99 Å². The molecule has 1 aliphatic rings. The van der Waals surface area contributed by atoms with Crippen LogP contribution in [0.5, 0.6) is 0 Å². The molecule has 1 aliphatic heterocycles. The van der Waals surface area contributed by atoms with Crippen molar-refractivity contribution >= 4 is 23.1 Å². The minimum absolute atomic E-state index is 0.323. The summed E-state index contributed by atoms with van der Waals surface area (Å²) in [5.41, 5.74) is 1.13. The second-order valence-electron chi connectivity index (χ2n) is 7.77. The number of hydrogen-bond acceptors (Lipinski definition) is 5. The number of pyridine rings is 1. The molecule has 0 aromatic carbocycles. The Morgan fingerprint density at radius 1 is 1.21 bits per heavy atom. The van der Waals surface area contributed by atoms with Gasteiger partial charge in [-0.05, 0) is 51.6 Å². The summed E-state index contributed by atoms with van der Waals surface area (Å²) in [7, 11) is 2.17. The number of likely N-dealkylation sites (N-methyl/N-ethyl adjacent to an activating group) is 1. The highest BCUT2D eigenvalue weighted by atomic mass is 32.1. The molecule has 0 radical (unpaired) electrons. The molecule has 1 fully saturated rings. The Labute approximate surface area is 179 Å². The molecular formula is C22H34N6S. The summed E-state index contributed by atoms with van der Waals surface area (Å²) < 4.78 is 0. The van der Waals surface area contributed by atoms with E-state index < -0.39 is 0 Å². The molecule has 0 bridgehead atoms. The summed E-state index contributed by atoms with van der Waals surface area (Å²) in [6, 6.07) is 8.99. The van der Waals surface area contributed by atoms with Gasteiger partial charge in [0.25, 0.3) is 0 Å². The fourth-order valence-corrected chi connectivity index (χ4v) is 4.42. The van der Waals surface area contributed by atoms with Crippen LogP contribution in [0, 0.1) is 6.92 Å². The van der Waals surface area contributed by atoms with E-state index in [0.717, 1.165) is 56.5 Å². The van der Waals surface area contributed by atoms with Crippen molar-refractivity contribution in [2.45, 2.75) is 39.8 Å². The van der Waals surface area contributed by atoms with E-state index >= 15 is 0 Å². The van der Waals surface area contributed by atoms with Crippen LogP contribution in [0.4, 0.5) is 5.82 Å². The number of anilines is 1. The van der Waals surface area contributed by atoms with E-state index in [-0.39, 0.29) is 0 Å². The Bertz CT molecular complexity index is 777. The standard InChI is InChI=1S/C22H34N6S/c1-5-23-22(26-17(2)14-20-8-6-18(3)29-20)25-16-19-7-9-21(24-15-19)28-12-10-27(4)11-13-28/h6-9,15,17H,5,10-14,16H2,1-4H3,(H2,23,25,26). The van der Waals surface area contributed by atoms with E-state index in [1.807, 2.05) is 17.5 Å². The summed E-state index contributed by atoms with van der Waals surface area (Å²) >= 11 is 1.86. The number of aryl methyl sites for hydroxylation is 1. The molecule has 1 atom stereocenters. The first kappa shape index (κ1) is 21.6. The number of aromatic nitrogens is 1. The van der Waals surface area contributed by atoms with E-state index in [1.165, 1.54) is 9.75 Å². The largest absolute Gasteiger partial charge is 0.357 e. The first-order chi connectivity index (χ1) is 14.0. The smallest absolute Gasteiger partial charge is 0.191 e. The molecule has 0 spiro atoms. The van der Waals surface area contributed by atoms with Gasteiger partial charge in [-0.25, -0.2) is 9.98 Å². The molecule has 1 unspecified atom stereocenters. The lowest BCUT2D eigenvalue weighted by molar-refractivity contribution is 0.312. The summed E-state index contributed by atoms with van der Waals surface area (Å²) in [5.74, 6) is 1.92. The average molecular weight is 415 g/mol. The van der Waals surface area contributed by atoms with Crippen molar-refractivity contribution in [2.24, 2.45) is 4.99 Å². The molecule has 7 heteroatoms. The highest BCUT2D eigenvalue weighted by molar-refractivity contribution is 7.11. The number of aliphatic imine (C=N–C) groups is 1. The number of piperazine rings is 1. The molecule has 2 N–H and O–H groups in total. The van der Waals surface area contributed by atoms with Crippen molar-refractivity contribution in [3.8, 4) is 0 Å². The second-order valence-corrected chi connectivity index (χ2v) is 9.14. The van der Waals surface area contributed by atoms with Gasteiger partial charge < -0.3 is 20.4 Å². The maximum absolute atomic E-state index is 4.76. The number of thiophene rings is 1. The highest BCUT2D eigenvalue weighted by Crippen LogP contribution is 2.17. The summed E-state index contributed by atoms with van der Waals surface area (Å²) in [6.07, 6.45) is 2.96. The van der Waals surface area contributed by atoms with Crippen LogP contribution in [0.2, 0.25) is 0 Å². The molecule has 2 aromatic rings. The molecule has 6 nitrogen and oxygen atoms in total. The number of nitrogens with zero attached hydrogens (tertiary/aromatic N) is 4. The van der Waals surface area contributed by atoms with Gasteiger partial charge in [-0.3, -0.25) is 0 Å². The monoisotopic (exact) mass is 414 g/mol. The maximum atomic E-state index is 4.76. The Kier molecular flexibility index (Phi) is 7.89. The van der Waals surface area contributed by atoms with Gasteiger partial charge in [-0.15, -0.1) is 11.3 Å². The van der Waals surface area contributed by atoms with E-state index in [1.54, 1.807) is 0 Å². The van der Waals surface area contributed by atoms with Crippen LogP contribution >= 0.6 is 11.3 Å². The van der Waals surface area contributed by atoms with Crippen LogP contribution in [-0.4, -0.2) is 61.7 Å². The predicted octanol–water partition coefficient (Wildman–Crippen LogP) is 2.89. The summed E-state index contributed by atoms with van der Waals surface area (Å²) in [4.78, 5) is 16.9. The van der Waals surface area contributed by atoms with Crippen molar-refractivity contribution in [3.63, 3.8) is 0 Å². The predicted molar refractivity (Wildman–Crippen MR) is 124 cm³/mol. The first-order valence-electron chi connectivity index (χ1n) is 10.5. The third kappa shape index (κ3) is 6.72. The van der Waals surface area contributed by atoms with Crippen LogP contribution in [0.1, 0.15) is 29.2 Å². The minimum atomic E-state index is 0.323. The van der Waals surface area contributed by atoms with Gasteiger partial charge >= 0.3 is 0 Å². The first-order valence-corrected chi connectivity index (χ1v) is 11.3. The SMILES string of the molecule is CCNC(=NCc1ccc(N2CCN(C)CC2)nc1)NC(C)Cc1ccc(C)s1. The molecular weight excluding hydrogens is 380 g/mol. The molecule has 0 aliphatic carbocycles. The zero-order valence-electron chi connectivity index (χ0n) is 18.1. The van der Waals surface area contributed by atoms with Crippen molar-refractivity contribution in [1.82, 2.24) is 20.5 Å². The number of nitrogens with one attached hydrogen (secondary N) is 2. The third-order valence-electron chi connectivity index (χ3n) is 5.09. The van der Waals surface area contributed by atoms with E-state index in [2.05, 4.69) is 77.5 Å². The van der Waals surface area contributed by atoms with Crippen molar-refractivity contribution in [2.75, 3.05) is 44.7 Å². The van der Waals surface area contributed by atoms with Crippen LogP contribution in [0.15, 0.2) is 35.5 Å². The number of guanidine groups is 1. The molecule has 3 rings (SSSR count). The Morgan fingerprint density at radius 2 is 2.00 bits per heavy atom. The lowest BCUT2D eigenvalue weighted by Gasteiger charge is -2.33. The normalized spacial score (nSPS) is 16.7. The van der Waals surface area contributed by atoms with Crippen molar-refractivity contribution in [1.29, 1.82) is 0 Å². The van der Waals surface area contributed by atoms with Gasteiger partial charge in [0.2, 0.25) is 0 Å². The fraction of sp³-hybridized carbons (Fsp3) is 0.545. The third-order valence-corrected chi connectivity index (χ3v) is 6.11. The Hall–Kier alpha value is -2.12. The van der Waals surface area contributed by atoms with Crippen LogP contribution in [0.25, 0.3) is 0 Å². The fourth-order valence-electron chi connectivity index (χ4n) is 3.40. The van der Waals surface area contributed by atoms with Gasteiger partial charge in [0, 0.05) is 61.1 Å². The number of hydrogen-bond donors (Lipinski definition) is 2. The maximum Gasteiger partial charge on any atom is 0.191 e. The van der Waals surface area contributed by atoms with Gasteiger partial charge in [0.05, 0.1) is 6.54 Å². The molecule has 0 saturated carbocycles. The van der Waals surface area contributed by atoms with Gasteiger partial charge in [-0.1, -0.05) is 6.07 Å². The van der Waals surface area contributed by atoms with Crippen LogP contribution in [-0.2, 0) is 13.0 Å². The van der Waals surface area contributed by atoms with E-state index in [0.29, 0.717) is 12.6 Å². The van der Waals surface area contributed by atoms with Crippen molar-refractivity contribution in [3.05, 3.63) is 45.8 Å². The molecule has 158 valence electrons. The van der Waals surface area contributed by atoms with Gasteiger partial charge in [-0.2, -0.15) is 0 Å². The van der Waals surface area contributed by atoms with Crippen molar-refractivity contribution < 1.29 is 0 Å². The highest BCUT2D eigenvalue weighted by Gasteiger charge is 2.15. The molecule has 1 saturated heterocycles. The Balaban J connectivity index is 1.54. The van der Waals surface area contributed by atoms with Crippen LogP contribution < -0.4 is 15.5 Å². The van der Waals surface area contributed by atoms with Gasteiger partial charge in [0.15, 0.2) is 5.96 Å².